The predicted molar refractivity (Wildman–Crippen MR) is 131 cm³/mol. The van der Waals surface area contributed by atoms with Crippen LogP contribution in [0.3, 0.4) is 0 Å². The van der Waals surface area contributed by atoms with Crippen molar-refractivity contribution >= 4 is 50.2 Å². The van der Waals surface area contributed by atoms with Crippen LogP contribution in [0.2, 0.25) is 5.02 Å². The fraction of sp³-hybridized carbons (Fsp3) is 0.429. The van der Waals surface area contributed by atoms with Crippen LogP contribution in [0.5, 0.6) is 0 Å². The van der Waals surface area contributed by atoms with Crippen molar-refractivity contribution in [3.8, 4) is 0 Å². The number of nitrogens with zero attached hydrogens (tertiary/aromatic N) is 5. The van der Waals surface area contributed by atoms with Crippen molar-refractivity contribution in [2.45, 2.75) is 38.8 Å². The number of sulfonamides is 1. The van der Waals surface area contributed by atoms with Gasteiger partial charge >= 0.3 is 0 Å². The topological polar surface area (TPSA) is 139 Å². The molecule has 0 radical (unpaired) electrons. The average Bonchev–Trinajstić information content (AvgIpc) is 2.72. The number of pyridine rings is 1. The number of nitrogens with one attached hydrogen (secondary N) is 2. The van der Waals surface area contributed by atoms with Crippen LogP contribution in [0.25, 0.3) is 10.9 Å². The van der Waals surface area contributed by atoms with Crippen molar-refractivity contribution in [2.75, 3.05) is 35.3 Å². The zero-order chi connectivity index (χ0) is 23.8. The largest absolute Gasteiger partial charge is 0.368 e. The monoisotopic (exact) mass is 490 g/mol. The smallest absolute Gasteiger partial charge is 0.228 e. The molecule has 12 heteroatoms. The van der Waals surface area contributed by atoms with Gasteiger partial charge in [0, 0.05) is 30.1 Å². The van der Waals surface area contributed by atoms with Gasteiger partial charge in [0.15, 0.2) is 0 Å². The first kappa shape index (κ1) is 23.4. The number of hydrogen-bond acceptors (Lipinski definition) is 9. The Kier molecular flexibility index (Phi) is 6.55. The molecule has 10 nitrogen and oxygen atoms in total. The summed E-state index contributed by atoms with van der Waals surface area (Å²) in [6, 6.07) is 7.48. The zero-order valence-electron chi connectivity index (χ0n) is 18.7. The highest BCUT2D eigenvalue weighted by Crippen LogP contribution is 2.34. The van der Waals surface area contributed by atoms with Gasteiger partial charge in [0.1, 0.15) is 11.6 Å². The summed E-state index contributed by atoms with van der Waals surface area (Å²) in [6.45, 7) is 5.08. The summed E-state index contributed by atoms with van der Waals surface area (Å²) in [5.74, 6) is 1.87. The Balaban J connectivity index is 1.67. The van der Waals surface area contributed by atoms with Crippen LogP contribution in [0.1, 0.15) is 37.2 Å². The van der Waals surface area contributed by atoms with Gasteiger partial charge in [-0.25, -0.2) is 18.1 Å². The molecule has 0 bridgehead atoms. The Morgan fingerprint density at radius 1 is 1.18 bits per heavy atom. The summed E-state index contributed by atoms with van der Waals surface area (Å²) in [5, 5.41) is 4.81. The molecular formula is C21H27ClN8O2S. The molecule has 3 aromatic rings. The van der Waals surface area contributed by atoms with Crippen LogP contribution < -0.4 is 20.7 Å². The van der Waals surface area contributed by atoms with E-state index in [1.807, 2.05) is 25.1 Å². The molecule has 0 saturated carbocycles. The van der Waals surface area contributed by atoms with Gasteiger partial charge in [-0.05, 0) is 38.8 Å². The molecule has 1 aliphatic heterocycles. The van der Waals surface area contributed by atoms with Crippen LogP contribution in [-0.4, -0.2) is 53.7 Å². The van der Waals surface area contributed by atoms with Gasteiger partial charge < -0.3 is 16.0 Å². The van der Waals surface area contributed by atoms with Crippen LogP contribution in [0.4, 0.5) is 17.7 Å². The van der Waals surface area contributed by atoms with Crippen molar-refractivity contribution in [3.05, 3.63) is 40.7 Å². The first-order valence-corrected chi connectivity index (χ1v) is 12.9. The van der Waals surface area contributed by atoms with Crippen molar-refractivity contribution in [3.63, 3.8) is 0 Å². The SMILES string of the molecule is Cc1nc(N)nc(N[C@@H](C)c2cc3cccc(Cl)c3nc2N2CCC(NS(C)(=O)=O)CC2)n1. The van der Waals surface area contributed by atoms with E-state index in [4.69, 9.17) is 22.3 Å². The number of halogens is 1. The van der Waals surface area contributed by atoms with Gasteiger partial charge in [0.05, 0.1) is 22.8 Å². The molecule has 1 saturated heterocycles. The number of rotatable bonds is 6. The van der Waals surface area contributed by atoms with Crippen LogP contribution in [0.15, 0.2) is 24.3 Å². The van der Waals surface area contributed by atoms with Crippen LogP contribution >= 0.6 is 11.6 Å². The Morgan fingerprint density at radius 2 is 1.91 bits per heavy atom. The van der Waals surface area contributed by atoms with E-state index >= 15 is 0 Å². The minimum absolute atomic E-state index is 0.0875. The Bertz CT molecular complexity index is 1260. The molecule has 0 aliphatic carbocycles. The summed E-state index contributed by atoms with van der Waals surface area (Å²) in [6.07, 6.45) is 2.55. The molecule has 0 unspecified atom stereocenters. The zero-order valence-corrected chi connectivity index (χ0v) is 20.3. The number of anilines is 3. The summed E-state index contributed by atoms with van der Waals surface area (Å²) in [4.78, 5) is 19.6. The van der Waals surface area contributed by atoms with E-state index in [-0.39, 0.29) is 18.0 Å². The van der Waals surface area contributed by atoms with E-state index in [0.29, 0.717) is 42.7 Å². The third kappa shape index (κ3) is 5.60. The first-order valence-electron chi connectivity index (χ1n) is 10.6. The first-order chi connectivity index (χ1) is 15.6. The maximum atomic E-state index is 11.6. The van der Waals surface area contributed by atoms with Gasteiger partial charge in [-0.3, -0.25) is 0 Å². The third-order valence-electron chi connectivity index (χ3n) is 5.56. The number of aryl methyl sites for hydroxylation is 1. The highest BCUT2D eigenvalue weighted by molar-refractivity contribution is 7.88. The van der Waals surface area contributed by atoms with Gasteiger partial charge in [-0.2, -0.15) is 15.0 Å². The molecule has 0 amide bonds. The fourth-order valence-corrected chi connectivity index (χ4v) is 5.16. The summed E-state index contributed by atoms with van der Waals surface area (Å²) in [5.41, 5.74) is 7.46. The van der Waals surface area contributed by atoms with Crippen molar-refractivity contribution in [2.24, 2.45) is 0 Å². The van der Waals surface area contributed by atoms with Crippen LogP contribution in [0, 0.1) is 6.92 Å². The van der Waals surface area contributed by atoms with E-state index in [0.717, 1.165) is 22.3 Å². The number of para-hydroxylation sites is 1. The van der Waals surface area contributed by atoms with Gasteiger partial charge in [0.25, 0.3) is 0 Å². The quantitative estimate of drug-likeness (QED) is 0.475. The molecular weight excluding hydrogens is 464 g/mol. The highest BCUT2D eigenvalue weighted by atomic mass is 35.5. The number of hydrogen-bond donors (Lipinski definition) is 3. The Labute approximate surface area is 198 Å². The van der Waals surface area contributed by atoms with Crippen molar-refractivity contribution in [1.82, 2.24) is 24.7 Å². The van der Waals surface area contributed by atoms with E-state index in [9.17, 15) is 8.42 Å². The minimum atomic E-state index is -3.24. The minimum Gasteiger partial charge on any atom is -0.368 e. The molecule has 3 heterocycles. The molecule has 1 aliphatic rings. The average molecular weight is 491 g/mol. The number of fused-ring (bicyclic) bond motifs is 1. The lowest BCUT2D eigenvalue weighted by molar-refractivity contribution is 0.459. The second kappa shape index (κ2) is 9.24. The number of piperidine rings is 1. The van der Waals surface area contributed by atoms with E-state index in [2.05, 4.69) is 36.0 Å². The lowest BCUT2D eigenvalue weighted by Crippen LogP contribution is -2.45. The maximum absolute atomic E-state index is 11.6. The van der Waals surface area contributed by atoms with E-state index < -0.39 is 10.0 Å². The molecule has 4 N–H and O–H groups in total. The molecule has 2 aromatic heterocycles. The number of nitrogen functional groups attached to an aromatic ring is 1. The summed E-state index contributed by atoms with van der Waals surface area (Å²) >= 11 is 6.45. The van der Waals surface area contributed by atoms with Crippen molar-refractivity contribution in [1.29, 1.82) is 0 Å². The molecule has 1 aromatic carbocycles. The number of nitrogens with two attached hydrogens (primary N) is 1. The second-order valence-corrected chi connectivity index (χ2v) is 10.5. The summed E-state index contributed by atoms with van der Waals surface area (Å²) < 4.78 is 25.9. The number of benzene rings is 1. The standard InChI is InChI=1S/C21H27ClN8O2S/c1-12(24-21-26-13(2)25-20(23)28-21)16-11-14-5-4-6-17(22)18(14)27-19(16)30-9-7-15(8-10-30)29-33(3,31)32/h4-6,11-12,15,29H,7-10H2,1-3H3,(H3,23,24,25,26,28)/t12-/m0/s1. The van der Waals surface area contributed by atoms with Gasteiger partial charge in [-0.1, -0.05) is 23.7 Å². The molecule has 1 atom stereocenters. The van der Waals surface area contributed by atoms with Crippen molar-refractivity contribution < 1.29 is 8.42 Å². The highest BCUT2D eigenvalue weighted by Gasteiger charge is 2.26. The van der Waals surface area contributed by atoms with Gasteiger partial charge in [0.2, 0.25) is 21.9 Å². The fourth-order valence-electron chi connectivity index (χ4n) is 4.09. The Morgan fingerprint density at radius 3 is 2.58 bits per heavy atom. The lowest BCUT2D eigenvalue weighted by atomic mass is 10.0. The lowest BCUT2D eigenvalue weighted by Gasteiger charge is -2.35. The molecule has 176 valence electrons. The predicted octanol–water partition coefficient (Wildman–Crippen LogP) is 2.65. The number of aromatic nitrogens is 4. The van der Waals surface area contributed by atoms with E-state index in [1.54, 1.807) is 6.92 Å². The van der Waals surface area contributed by atoms with Crippen LogP contribution in [-0.2, 0) is 10.0 Å². The maximum Gasteiger partial charge on any atom is 0.228 e. The Hall–Kier alpha value is -2.76. The third-order valence-corrected chi connectivity index (χ3v) is 6.62. The van der Waals surface area contributed by atoms with E-state index in [1.165, 1.54) is 6.26 Å². The molecule has 1 fully saturated rings. The normalized spacial score (nSPS) is 16.2. The summed E-state index contributed by atoms with van der Waals surface area (Å²) in [7, 11) is -3.24. The molecule has 0 spiro atoms. The molecule has 4 rings (SSSR count). The van der Waals surface area contributed by atoms with Gasteiger partial charge in [-0.15, -0.1) is 0 Å². The molecule has 33 heavy (non-hydrogen) atoms. The second-order valence-electron chi connectivity index (χ2n) is 8.29.